The Morgan fingerprint density at radius 3 is 2.43 bits per heavy atom. The molecule has 0 spiro atoms. The van der Waals surface area contributed by atoms with Gasteiger partial charge in [0.1, 0.15) is 11.9 Å². The number of hydrogen-bond donors (Lipinski definition) is 2. The molecule has 0 bridgehead atoms. The summed E-state index contributed by atoms with van der Waals surface area (Å²) >= 11 is 0. The Bertz CT molecular complexity index is 1270. The van der Waals surface area contributed by atoms with E-state index >= 15 is 0 Å². The monoisotopic (exact) mass is 525 g/mol. The number of nitrogens with zero attached hydrogens (tertiary/aromatic N) is 2. The quantitative estimate of drug-likeness (QED) is 0.535. The number of carbonyl (C=O) groups excluding carboxylic acids is 1. The Labute approximate surface area is 206 Å². The topological polar surface area (TPSA) is 133 Å². The van der Waals surface area contributed by atoms with Crippen LogP contribution in [0.2, 0.25) is 0 Å². The Morgan fingerprint density at radius 1 is 1.17 bits per heavy atom. The number of nitrogens with one attached hydrogen (secondary N) is 1. The van der Waals surface area contributed by atoms with Crippen LogP contribution in [0.3, 0.4) is 0 Å². The predicted molar refractivity (Wildman–Crippen MR) is 132 cm³/mol. The molecule has 0 unspecified atom stereocenters. The highest BCUT2D eigenvalue weighted by Gasteiger charge is 2.34. The molecule has 1 amide bonds. The van der Waals surface area contributed by atoms with Gasteiger partial charge in [0.05, 0.1) is 35.9 Å². The molecular formula is C23H31N3O7S2. The second-order valence-electron chi connectivity index (χ2n) is 8.80. The molecule has 0 aromatic heterocycles. The summed E-state index contributed by atoms with van der Waals surface area (Å²) in [7, 11) is -5.91. The normalized spacial score (nSPS) is 19.9. The van der Waals surface area contributed by atoms with Crippen LogP contribution in [0.1, 0.15) is 24.2 Å². The van der Waals surface area contributed by atoms with Crippen molar-refractivity contribution in [3.8, 4) is 5.75 Å². The first-order chi connectivity index (χ1) is 16.3. The van der Waals surface area contributed by atoms with Crippen molar-refractivity contribution >= 4 is 31.6 Å². The minimum Gasteiger partial charge on any atom is -0.488 e. The van der Waals surface area contributed by atoms with Crippen LogP contribution in [0.4, 0.5) is 5.69 Å². The van der Waals surface area contributed by atoms with Gasteiger partial charge in [0, 0.05) is 25.2 Å². The average molecular weight is 526 g/mol. The lowest BCUT2D eigenvalue weighted by molar-refractivity contribution is 0.0387. The fourth-order valence-corrected chi connectivity index (χ4v) is 5.19. The summed E-state index contributed by atoms with van der Waals surface area (Å²) in [4.78, 5) is 15.0. The number of hydrogen-bond acceptors (Lipinski definition) is 7. The molecule has 0 radical (unpaired) electrons. The smallest absolute Gasteiger partial charge is 0.261 e. The van der Waals surface area contributed by atoms with E-state index in [1.807, 2.05) is 6.92 Å². The molecule has 10 nitrogen and oxygen atoms in total. The highest BCUT2D eigenvalue weighted by Crippen LogP contribution is 2.31. The highest BCUT2D eigenvalue weighted by molar-refractivity contribution is 7.92. The van der Waals surface area contributed by atoms with Crippen molar-refractivity contribution in [1.29, 1.82) is 0 Å². The minimum absolute atomic E-state index is 0.0529. The Kier molecular flexibility index (Phi) is 8.10. The third kappa shape index (κ3) is 6.31. The van der Waals surface area contributed by atoms with E-state index in [1.54, 1.807) is 25.1 Å². The molecule has 0 fully saturated rings. The van der Waals surface area contributed by atoms with Gasteiger partial charge in [-0.3, -0.25) is 9.52 Å². The van der Waals surface area contributed by atoms with Gasteiger partial charge in [-0.1, -0.05) is 25.1 Å². The summed E-state index contributed by atoms with van der Waals surface area (Å²) < 4.78 is 59.3. The second-order valence-corrected chi connectivity index (χ2v) is 12.6. The van der Waals surface area contributed by atoms with E-state index in [2.05, 4.69) is 4.72 Å². The number of amides is 1. The fourth-order valence-electron chi connectivity index (χ4n) is 3.71. The van der Waals surface area contributed by atoms with Crippen LogP contribution < -0.4 is 9.46 Å². The molecule has 1 aliphatic heterocycles. The number of rotatable bonds is 8. The molecule has 192 valence electrons. The molecule has 2 aromatic carbocycles. The van der Waals surface area contributed by atoms with Crippen LogP contribution in [0.15, 0.2) is 53.4 Å². The summed E-state index contributed by atoms with van der Waals surface area (Å²) in [6.07, 6.45) is 0.505. The number of aliphatic hydroxyl groups excluding tert-OH is 1. The molecule has 0 saturated carbocycles. The van der Waals surface area contributed by atoms with Crippen molar-refractivity contribution in [3.05, 3.63) is 54.1 Å². The maximum absolute atomic E-state index is 13.5. The third-order valence-corrected chi connectivity index (χ3v) is 8.65. The maximum atomic E-state index is 13.5. The zero-order chi connectivity index (χ0) is 26.0. The molecule has 1 heterocycles. The van der Waals surface area contributed by atoms with Gasteiger partial charge in [-0.2, -0.15) is 0 Å². The molecular weight excluding hydrogens is 494 g/mol. The molecule has 0 aliphatic carbocycles. The standard InChI is InChI=1S/C23H31N3O7S2/c1-16-13-26(17(2)15-27)23(28)20-12-18(24-35(31,32)19-8-6-5-7-9-19)10-11-21(20)33-22(16)14-25(3)34(4,29)30/h5-12,16-17,22,24,27H,13-15H2,1-4H3/t16-,17-,22-/m1/s1. The van der Waals surface area contributed by atoms with Crippen LogP contribution in [0, 0.1) is 5.92 Å². The lowest BCUT2D eigenvalue weighted by Gasteiger charge is -2.38. The molecule has 3 atom stereocenters. The molecule has 3 rings (SSSR count). The predicted octanol–water partition coefficient (Wildman–Crippen LogP) is 1.60. The van der Waals surface area contributed by atoms with Crippen LogP contribution in [-0.4, -0.2) is 82.2 Å². The number of anilines is 1. The number of fused-ring (bicyclic) bond motifs is 1. The van der Waals surface area contributed by atoms with Gasteiger partial charge in [-0.25, -0.2) is 21.1 Å². The van der Waals surface area contributed by atoms with Gasteiger partial charge < -0.3 is 14.7 Å². The summed E-state index contributed by atoms with van der Waals surface area (Å²) in [6.45, 7) is 3.54. The first kappa shape index (κ1) is 26.9. The summed E-state index contributed by atoms with van der Waals surface area (Å²) in [6, 6.07) is 11.7. The highest BCUT2D eigenvalue weighted by atomic mass is 32.2. The SMILES string of the molecule is C[C@@H]1CN([C@H](C)CO)C(=O)c2cc(NS(=O)(=O)c3ccccc3)ccc2O[C@@H]1CN(C)S(C)(=O)=O. The minimum atomic E-state index is -3.89. The van der Waals surface area contributed by atoms with Crippen molar-refractivity contribution < 1.29 is 31.5 Å². The van der Waals surface area contributed by atoms with Gasteiger partial charge in [-0.15, -0.1) is 0 Å². The van der Waals surface area contributed by atoms with Crippen molar-refractivity contribution in [2.75, 3.05) is 37.7 Å². The van der Waals surface area contributed by atoms with Crippen molar-refractivity contribution in [2.45, 2.75) is 30.9 Å². The molecule has 0 saturated heterocycles. The third-order valence-electron chi connectivity index (χ3n) is 5.97. The molecule has 2 N–H and O–H groups in total. The van der Waals surface area contributed by atoms with Gasteiger partial charge >= 0.3 is 0 Å². The largest absolute Gasteiger partial charge is 0.488 e. The number of benzene rings is 2. The Balaban J connectivity index is 2.02. The fraction of sp³-hybridized carbons (Fsp3) is 0.435. The first-order valence-electron chi connectivity index (χ1n) is 11.0. The number of likely N-dealkylation sites (N-methyl/N-ethyl adjacent to an activating group) is 1. The van der Waals surface area contributed by atoms with Crippen molar-refractivity contribution in [1.82, 2.24) is 9.21 Å². The summed E-state index contributed by atoms with van der Waals surface area (Å²) in [5, 5.41) is 9.75. The van der Waals surface area contributed by atoms with Gasteiger partial charge in [0.2, 0.25) is 10.0 Å². The van der Waals surface area contributed by atoms with Crippen molar-refractivity contribution in [3.63, 3.8) is 0 Å². The number of carbonyl (C=O) groups is 1. The van der Waals surface area contributed by atoms with Crippen LogP contribution >= 0.6 is 0 Å². The van der Waals surface area contributed by atoms with E-state index in [1.165, 1.54) is 46.6 Å². The molecule has 1 aliphatic rings. The van der Waals surface area contributed by atoms with Crippen LogP contribution in [0.25, 0.3) is 0 Å². The van der Waals surface area contributed by atoms with E-state index in [-0.39, 0.29) is 47.5 Å². The summed E-state index contributed by atoms with van der Waals surface area (Å²) in [5.41, 5.74) is 0.275. The molecule has 2 aromatic rings. The van der Waals surface area contributed by atoms with Crippen molar-refractivity contribution in [2.24, 2.45) is 5.92 Å². The molecule has 12 heteroatoms. The van der Waals surface area contributed by atoms with Gasteiger partial charge in [0.25, 0.3) is 15.9 Å². The zero-order valence-corrected chi connectivity index (χ0v) is 21.7. The second kappa shape index (κ2) is 10.5. The van der Waals surface area contributed by atoms with E-state index in [0.717, 1.165) is 6.26 Å². The van der Waals surface area contributed by atoms with Gasteiger partial charge in [-0.05, 0) is 37.3 Å². The maximum Gasteiger partial charge on any atom is 0.261 e. The van der Waals surface area contributed by atoms with Crippen LogP contribution in [0.5, 0.6) is 5.75 Å². The number of ether oxygens (including phenoxy) is 1. The lowest BCUT2D eigenvalue weighted by Crippen LogP contribution is -2.50. The van der Waals surface area contributed by atoms with Gasteiger partial charge in [0.15, 0.2) is 0 Å². The van der Waals surface area contributed by atoms with E-state index < -0.39 is 38.1 Å². The van der Waals surface area contributed by atoms with Crippen LogP contribution in [-0.2, 0) is 20.0 Å². The Morgan fingerprint density at radius 2 is 1.83 bits per heavy atom. The van der Waals surface area contributed by atoms with E-state index in [9.17, 15) is 26.7 Å². The number of aliphatic hydroxyl groups is 1. The first-order valence-corrected chi connectivity index (χ1v) is 14.4. The summed E-state index contributed by atoms with van der Waals surface area (Å²) in [5.74, 6) is -0.489. The van der Waals surface area contributed by atoms with E-state index in [0.29, 0.717) is 0 Å². The Hall–Kier alpha value is -2.67. The van der Waals surface area contributed by atoms with E-state index in [4.69, 9.17) is 4.74 Å². The lowest BCUT2D eigenvalue weighted by atomic mass is 9.99. The zero-order valence-electron chi connectivity index (χ0n) is 20.1. The average Bonchev–Trinajstić information content (AvgIpc) is 2.81. The molecule has 35 heavy (non-hydrogen) atoms. The number of sulfonamides is 2.